The molecule has 3 N–H and O–H groups in total. The Morgan fingerprint density at radius 3 is 2.42 bits per heavy atom. The highest BCUT2D eigenvalue weighted by molar-refractivity contribution is 6.35. The van der Waals surface area contributed by atoms with Gasteiger partial charge in [-0.25, -0.2) is 4.79 Å². The topological polar surface area (TPSA) is 79.5 Å². The number of carbonyl (C=O) groups excluding carboxylic acids is 2. The van der Waals surface area contributed by atoms with Crippen LogP contribution in [-0.4, -0.2) is 19.0 Å². The lowest BCUT2D eigenvalue weighted by Gasteiger charge is -2.18. The van der Waals surface area contributed by atoms with Crippen LogP contribution in [0.25, 0.3) is 0 Å². The van der Waals surface area contributed by atoms with E-state index in [-0.39, 0.29) is 11.9 Å². The Morgan fingerprint density at radius 2 is 1.81 bits per heavy atom. The molecule has 0 aliphatic carbocycles. The average molecular weight is 396 g/mol. The normalized spacial score (nSPS) is 11.4. The predicted octanol–water partition coefficient (Wildman–Crippen LogP) is 4.84. The quantitative estimate of drug-likeness (QED) is 0.677. The number of nitrogens with one attached hydrogen (secondary N) is 3. The summed E-state index contributed by atoms with van der Waals surface area (Å²) in [6, 6.07) is 9.24. The molecule has 138 valence electrons. The number of hydrogen-bond acceptors (Lipinski definition) is 3. The van der Waals surface area contributed by atoms with Gasteiger partial charge in [-0.15, -0.1) is 0 Å². The van der Waals surface area contributed by atoms with Crippen molar-refractivity contribution in [3.05, 3.63) is 52.0 Å². The molecule has 0 spiro atoms. The lowest BCUT2D eigenvalue weighted by Crippen LogP contribution is -2.31. The van der Waals surface area contributed by atoms with Gasteiger partial charge in [0.15, 0.2) is 0 Å². The van der Waals surface area contributed by atoms with E-state index in [1.54, 1.807) is 43.3 Å². The van der Waals surface area contributed by atoms with Gasteiger partial charge < -0.3 is 20.7 Å². The largest absolute Gasteiger partial charge is 0.495 e. The molecule has 2 rings (SSSR count). The summed E-state index contributed by atoms with van der Waals surface area (Å²) in [4.78, 5) is 23.5. The third-order valence-corrected chi connectivity index (χ3v) is 4.11. The van der Waals surface area contributed by atoms with Crippen molar-refractivity contribution in [1.82, 2.24) is 5.32 Å². The lowest BCUT2D eigenvalue weighted by molar-refractivity contribution is -0.114. The van der Waals surface area contributed by atoms with Gasteiger partial charge in [0, 0.05) is 22.7 Å². The maximum atomic E-state index is 12.3. The Kier molecular flexibility index (Phi) is 6.71. The van der Waals surface area contributed by atoms with Crippen molar-refractivity contribution in [1.29, 1.82) is 0 Å². The monoisotopic (exact) mass is 395 g/mol. The SMILES string of the molecule is COc1ccc(NC(C)=O)cc1NC(=O)NC(C)c1ccc(Cl)cc1Cl. The Bertz CT molecular complexity index is 827. The molecule has 0 bridgehead atoms. The van der Waals surface area contributed by atoms with Gasteiger partial charge in [-0.3, -0.25) is 4.79 Å². The van der Waals surface area contributed by atoms with E-state index in [1.807, 2.05) is 0 Å². The first kappa shape index (κ1) is 19.9. The van der Waals surface area contributed by atoms with E-state index in [4.69, 9.17) is 27.9 Å². The number of ether oxygens (including phenoxy) is 1. The Hall–Kier alpha value is -2.44. The van der Waals surface area contributed by atoms with Gasteiger partial charge in [0.2, 0.25) is 5.91 Å². The highest BCUT2D eigenvalue weighted by atomic mass is 35.5. The first-order chi connectivity index (χ1) is 12.3. The van der Waals surface area contributed by atoms with Crippen LogP contribution in [0.1, 0.15) is 25.5 Å². The maximum absolute atomic E-state index is 12.3. The second kappa shape index (κ2) is 8.78. The molecule has 1 atom stereocenters. The number of halogens is 2. The first-order valence-electron chi connectivity index (χ1n) is 7.78. The minimum absolute atomic E-state index is 0.212. The van der Waals surface area contributed by atoms with Gasteiger partial charge in [-0.2, -0.15) is 0 Å². The molecule has 1 unspecified atom stereocenters. The Labute approximate surface area is 161 Å². The van der Waals surface area contributed by atoms with Crippen LogP contribution in [-0.2, 0) is 4.79 Å². The number of rotatable bonds is 5. The van der Waals surface area contributed by atoms with Gasteiger partial charge in [-0.05, 0) is 42.8 Å². The molecule has 0 heterocycles. The molecule has 2 aromatic carbocycles. The molecule has 0 aromatic heterocycles. The Morgan fingerprint density at radius 1 is 1.08 bits per heavy atom. The zero-order chi connectivity index (χ0) is 19.3. The van der Waals surface area contributed by atoms with Crippen LogP contribution in [0.2, 0.25) is 10.0 Å². The summed E-state index contributed by atoms with van der Waals surface area (Å²) in [7, 11) is 1.49. The molecular weight excluding hydrogens is 377 g/mol. The number of carbonyl (C=O) groups is 2. The van der Waals surface area contributed by atoms with Crippen LogP contribution in [0.15, 0.2) is 36.4 Å². The molecule has 0 radical (unpaired) electrons. The number of hydrogen-bond donors (Lipinski definition) is 3. The standard InChI is InChI=1S/C18H19Cl2N3O3/c1-10(14-6-4-12(19)8-15(14)20)21-18(25)23-16-9-13(22-11(2)24)5-7-17(16)26-3/h4-10H,1-3H3,(H,22,24)(H2,21,23,25). The van der Waals surface area contributed by atoms with E-state index in [0.717, 1.165) is 5.56 Å². The first-order valence-corrected chi connectivity index (χ1v) is 8.54. The van der Waals surface area contributed by atoms with Gasteiger partial charge in [0.05, 0.1) is 18.8 Å². The minimum atomic E-state index is -0.443. The van der Waals surface area contributed by atoms with Crippen LogP contribution in [0.4, 0.5) is 16.2 Å². The fourth-order valence-corrected chi connectivity index (χ4v) is 2.94. The molecular formula is C18H19Cl2N3O3. The maximum Gasteiger partial charge on any atom is 0.319 e. The number of benzene rings is 2. The second-order valence-corrected chi connectivity index (χ2v) is 6.43. The third kappa shape index (κ3) is 5.28. The summed E-state index contributed by atoms with van der Waals surface area (Å²) in [6.07, 6.45) is 0. The van der Waals surface area contributed by atoms with E-state index in [9.17, 15) is 9.59 Å². The van der Waals surface area contributed by atoms with Crippen LogP contribution >= 0.6 is 23.2 Å². The van der Waals surface area contributed by atoms with Gasteiger partial charge in [0.25, 0.3) is 0 Å². The summed E-state index contributed by atoms with van der Waals surface area (Å²) in [6.45, 7) is 3.21. The zero-order valence-electron chi connectivity index (χ0n) is 14.5. The van der Waals surface area contributed by atoms with Gasteiger partial charge >= 0.3 is 6.03 Å². The minimum Gasteiger partial charge on any atom is -0.495 e. The second-order valence-electron chi connectivity index (χ2n) is 5.58. The molecule has 0 aliphatic heterocycles. The number of anilines is 2. The van der Waals surface area contributed by atoms with Crippen molar-refractivity contribution in [2.24, 2.45) is 0 Å². The van der Waals surface area contributed by atoms with Crippen LogP contribution in [0, 0.1) is 0 Å². The van der Waals surface area contributed by atoms with Crippen molar-refractivity contribution >= 4 is 46.5 Å². The van der Waals surface area contributed by atoms with Crippen molar-refractivity contribution < 1.29 is 14.3 Å². The summed E-state index contributed by atoms with van der Waals surface area (Å²) < 4.78 is 5.24. The van der Waals surface area contributed by atoms with E-state index in [2.05, 4.69) is 16.0 Å². The van der Waals surface area contributed by atoms with Gasteiger partial charge in [0.1, 0.15) is 5.75 Å². The molecule has 2 aromatic rings. The number of methoxy groups -OCH3 is 1. The Balaban J connectivity index is 2.12. The molecule has 0 fully saturated rings. The molecule has 0 aliphatic rings. The third-order valence-electron chi connectivity index (χ3n) is 3.54. The predicted molar refractivity (Wildman–Crippen MR) is 104 cm³/mol. The van der Waals surface area contributed by atoms with Crippen molar-refractivity contribution in [3.8, 4) is 5.75 Å². The summed E-state index contributed by atoms with van der Waals surface area (Å²) in [5.41, 5.74) is 1.71. The molecule has 26 heavy (non-hydrogen) atoms. The highest BCUT2D eigenvalue weighted by Crippen LogP contribution is 2.29. The van der Waals surface area contributed by atoms with Crippen LogP contribution < -0.4 is 20.7 Å². The van der Waals surface area contributed by atoms with E-state index >= 15 is 0 Å². The molecule has 6 nitrogen and oxygen atoms in total. The van der Waals surface area contributed by atoms with Crippen LogP contribution in [0.3, 0.4) is 0 Å². The van der Waals surface area contributed by atoms with Gasteiger partial charge in [-0.1, -0.05) is 29.3 Å². The summed E-state index contributed by atoms with van der Waals surface area (Å²) in [5.74, 6) is 0.253. The average Bonchev–Trinajstić information content (AvgIpc) is 2.54. The summed E-state index contributed by atoms with van der Waals surface area (Å²) in [5, 5.41) is 9.15. The smallest absolute Gasteiger partial charge is 0.319 e. The molecule has 8 heteroatoms. The number of urea groups is 1. The van der Waals surface area contributed by atoms with Crippen molar-refractivity contribution in [2.45, 2.75) is 19.9 Å². The fourth-order valence-electron chi connectivity index (χ4n) is 2.37. The van der Waals surface area contributed by atoms with Crippen molar-refractivity contribution in [3.63, 3.8) is 0 Å². The lowest BCUT2D eigenvalue weighted by atomic mass is 10.1. The van der Waals surface area contributed by atoms with E-state index in [1.165, 1.54) is 14.0 Å². The van der Waals surface area contributed by atoms with E-state index in [0.29, 0.717) is 27.2 Å². The fraction of sp³-hybridized carbons (Fsp3) is 0.222. The summed E-state index contributed by atoms with van der Waals surface area (Å²) >= 11 is 12.1. The zero-order valence-corrected chi connectivity index (χ0v) is 16.0. The van der Waals surface area contributed by atoms with Crippen LogP contribution in [0.5, 0.6) is 5.75 Å². The molecule has 0 saturated carbocycles. The molecule has 3 amide bonds. The number of amides is 3. The highest BCUT2D eigenvalue weighted by Gasteiger charge is 2.15. The molecule has 0 saturated heterocycles. The van der Waals surface area contributed by atoms with E-state index < -0.39 is 6.03 Å². The van der Waals surface area contributed by atoms with Crippen molar-refractivity contribution in [2.75, 3.05) is 17.7 Å².